The highest BCUT2D eigenvalue weighted by Crippen LogP contribution is 2.10. The Bertz CT molecular complexity index is 511. The van der Waals surface area contributed by atoms with E-state index in [1.165, 1.54) is 11.6 Å². The van der Waals surface area contributed by atoms with Gasteiger partial charge in [-0.05, 0) is 23.8 Å². The Hall–Kier alpha value is -1.87. The molecule has 2 N–H and O–H groups in total. The van der Waals surface area contributed by atoms with Crippen LogP contribution in [-0.4, -0.2) is 7.05 Å². The molecule has 2 rings (SSSR count). The summed E-state index contributed by atoms with van der Waals surface area (Å²) < 4.78 is 13.4. The maximum absolute atomic E-state index is 13.4. The third-order valence-corrected chi connectivity index (χ3v) is 2.82. The molecule has 18 heavy (non-hydrogen) atoms. The highest BCUT2D eigenvalue weighted by molar-refractivity contribution is 5.44. The summed E-state index contributed by atoms with van der Waals surface area (Å²) in [5, 5.41) is 6.34. The van der Waals surface area contributed by atoms with Crippen LogP contribution in [0.1, 0.15) is 11.1 Å². The van der Waals surface area contributed by atoms with Gasteiger partial charge in [-0.3, -0.25) is 0 Å². The van der Waals surface area contributed by atoms with E-state index in [0.29, 0.717) is 12.1 Å². The third kappa shape index (κ3) is 3.31. The zero-order valence-corrected chi connectivity index (χ0v) is 10.4. The van der Waals surface area contributed by atoms with Gasteiger partial charge in [-0.1, -0.05) is 30.3 Å². The van der Waals surface area contributed by atoms with Crippen molar-refractivity contribution in [1.29, 1.82) is 0 Å². The molecule has 0 amide bonds. The lowest BCUT2D eigenvalue weighted by Gasteiger charge is -2.07. The van der Waals surface area contributed by atoms with Crippen molar-refractivity contribution in [1.82, 2.24) is 5.32 Å². The second kappa shape index (κ2) is 6.17. The van der Waals surface area contributed by atoms with Crippen LogP contribution < -0.4 is 10.6 Å². The molecule has 0 radical (unpaired) electrons. The summed E-state index contributed by atoms with van der Waals surface area (Å²) in [5.74, 6) is -0.158. The first-order chi connectivity index (χ1) is 8.79. The van der Waals surface area contributed by atoms with Crippen LogP contribution in [0.3, 0.4) is 0 Å². The zero-order chi connectivity index (χ0) is 12.8. The maximum atomic E-state index is 13.4. The average Bonchev–Trinajstić information content (AvgIpc) is 2.41. The summed E-state index contributed by atoms with van der Waals surface area (Å²) in [4.78, 5) is 0. The minimum absolute atomic E-state index is 0.158. The number of nitrogens with one attached hydrogen (secondary N) is 2. The number of hydrogen-bond donors (Lipinski definition) is 2. The number of benzene rings is 2. The van der Waals surface area contributed by atoms with Gasteiger partial charge in [-0.15, -0.1) is 0 Å². The van der Waals surface area contributed by atoms with Gasteiger partial charge in [0, 0.05) is 31.4 Å². The van der Waals surface area contributed by atoms with Crippen LogP contribution in [0.25, 0.3) is 0 Å². The van der Waals surface area contributed by atoms with E-state index in [9.17, 15) is 4.39 Å². The van der Waals surface area contributed by atoms with Crippen molar-refractivity contribution in [3.05, 3.63) is 65.5 Å². The van der Waals surface area contributed by atoms with Crippen molar-refractivity contribution >= 4 is 5.69 Å². The molecule has 0 atom stereocenters. The summed E-state index contributed by atoms with van der Waals surface area (Å²) in [7, 11) is 1.89. The van der Waals surface area contributed by atoms with Crippen LogP contribution in [0, 0.1) is 5.82 Å². The fraction of sp³-hybridized carbons (Fsp3) is 0.200. The van der Waals surface area contributed by atoms with Crippen LogP contribution in [0.5, 0.6) is 0 Å². The third-order valence-electron chi connectivity index (χ3n) is 2.82. The number of halogens is 1. The lowest BCUT2D eigenvalue weighted by molar-refractivity contribution is 0.588. The molecule has 94 valence electrons. The molecular formula is C15H17FN2. The van der Waals surface area contributed by atoms with E-state index in [-0.39, 0.29) is 5.82 Å². The van der Waals surface area contributed by atoms with Crippen LogP contribution in [-0.2, 0) is 13.1 Å². The first-order valence-electron chi connectivity index (χ1n) is 6.00. The van der Waals surface area contributed by atoms with Gasteiger partial charge in [0.15, 0.2) is 0 Å². The van der Waals surface area contributed by atoms with Gasteiger partial charge in [0.2, 0.25) is 0 Å². The van der Waals surface area contributed by atoms with E-state index in [4.69, 9.17) is 0 Å². The Morgan fingerprint density at radius 3 is 2.61 bits per heavy atom. The SMILES string of the molecule is CNc1cccc(CNCc2ccccc2F)c1. The molecule has 3 heteroatoms. The second-order valence-electron chi connectivity index (χ2n) is 4.15. The first kappa shape index (κ1) is 12.6. The maximum Gasteiger partial charge on any atom is 0.127 e. The van der Waals surface area contributed by atoms with Gasteiger partial charge in [-0.2, -0.15) is 0 Å². The highest BCUT2D eigenvalue weighted by Gasteiger charge is 2.00. The summed E-state index contributed by atoms with van der Waals surface area (Å²) in [6.07, 6.45) is 0. The fourth-order valence-electron chi connectivity index (χ4n) is 1.82. The molecule has 0 fully saturated rings. The van der Waals surface area contributed by atoms with Gasteiger partial charge in [0.25, 0.3) is 0 Å². The van der Waals surface area contributed by atoms with Gasteiger partial charge >= 0.3 is 0 Å². The Morgan fingerprint density at radius 2 is 1.83 bits per heavy atom. The van der Waals surface area contributed by atoms with E-state index in [2.05, 4.69) is 22.8 Å². The molecule has 0 unspecified atom stereocenters. The predicted octanol–water partition coefficient (Wildman–Crippen LogP) is 3.16. The molecule has 0 heterocycles. The monoisotopic (exact) mass is 244 g/mol. The quantitative estimate of drug-likeness (QED) is 0.844. The Kier molecular flexibility index (Phi) is 4.31. The molecule has 2 nitrogen and oxygen atoms in total. The molecule has 0 aliphatic rings. The number of anilines is 1. The predicted molar refractivity (Wildman–Crippen MR) is 72.9 cm³/mol. The second-order valence-corrected chi connectivity index (χ2v) is 4.15. The van der Waals surface area contributed by atoms with E-state index < -0.39 is 0 Å². The van der Waals surface area contributed by atoms with Crippen LogP contribution >= 0.6 is 0 Å². The van der Waals surface area contributed by atoms with Crippen molar-refractivity contribution in [2.75, 3.05) is 12.4 Å². The topological polar surface area (TPSA) is 24.1 Å². The molecule has 0 aliphatic carbocycles. The van der Waals surface area contributed by atoms with E-state index >= 15 is 0 Å². The van der Waals surface area contributed by atoms with E-state index in [1.807, 2.05) is 25.2 Å². The van der Waals surface area contributed by atoms with Crippen LogP contribution in [0.15, 0.2) is 48.5 Å². The van der Waals surface area contributed by atoms with Gasteiger partial charge < -0.3 is 10.6 Å². The Labute approximate surface area is 107 Å². The van der Waals surface area contributed by atoms with Crippen LogP contribution in [0.2, 0.25) is 0 Å². The van der Waals surface area contributed by atoms with E-state index in [1.54, 1.807) is 12.1 Å². The minimum atomic E-state index is -0.158. The molecule has 0 saturated heterocycles. The van der Waals surface area contributed by atoms with Crippen molar-refractivity contribution < 1.29 is 4.39 Å². The molecule has 0 aliphatic heterocycles. The first-order valence-corrected chi connectivity index (χ1v) is 6.00. The van der Waals surface area contributed by atoms with Gasteiger partial charge in [-0.25, -0.2) is 4.39 Å². The van der Waals surface area contributed by atoms with Gasteiger partial charge in [0.1, 0.15) is 5.82 Å². The van der Waals surface area contributed by atoms with Crippen LogP contribution in [0.4, 0.5) is 10.1 Å². The summed E-state index contributed by atoms with van der Waals surface area (Å²) in [6.45, 7) is 1.26. The minimum Gasteiger partial charge on any atom is -0.388 e. The zero-order valence-electron chi connectivity index (χ0n) is 10.4. The molecule has 2 aromatic rings. The number of rotatable bonds is 5. The van der Waals surface area contributed by atoms with Crippen molar-refractivity contribution in [3.8, 4) is 0 Å². The smallest absolute Gasteiger partial charge is 0.127 e. The van der Waals surface area contributed by atoms with Crippen molar-refractivity contribution in [3.63, 3.8) is 0 Å². The molecule has 0 bridgehead atoms. The Morgan fingerprint density at radius 1 is 1.00 bits per heavy atom. The molecular weight excluding hydrogens is 227 g/mol. The van der Waals surface area contributed by atoms with Gasteiger partial charge in [0.05, 0.1) is 0 Å². The molecule has 0 saturated carbocycles. The molecule has 0 spiro atoms. The normalized spacial score (nSPS) is 10.3. The van der Waals surface area contributed by atoms with Crippen molar-refractivity contribution in [2.24, 2.45) is 0 Å². The lowest BCUT2D eigenvalue weighted by atomic mass is 10.2. The lowest BCUT2D eigenvalue weighted by Crippen LogP contribution is -2.13. The number of hydrogen-bond acceptors (Lipinski definition) is 2. The summed E-state index contributed by atoms with van der Waals surface area (Å²) in [5.41, 5.74) is 2.96. The summed E-state index contributed by atoms with van der Waals surface area (Å²) in [6, 6.07) is 15.0. The highest BCUT2D eigenvalue weighted by atomic mass is 19.1. The van der Waals surface area contributed by atoms with E-state index in [0.717, 1.165) is 12.2 Å². The Balaban J connectivity index is 1.90. The fourth-order valence-corrected chi connectivity index (χ4v) is 1.82. The standard InChI is InChI=1S/C15H17FN2/c1-17-14-7-4-5-12(9-14)10-18-11-13-6-2-3-8-15(13)16/h2-9,17-18H,10-11H2,1H3. The summed E-state index contributed by atoms with van der Waals surface area (Å²) >= 11 is 0. The average molecular weight is 244 g/mol. The largest absolute Gasteiger partial charge is 0.388 e. The van der Waals surface area contributed by atoms with Crippen molar-refractivity contribution in [2.45, 2.75) is 13.1 Å². The molecule has 0 aromatic heterocycles. The molecule has 2 aromatic carbocycles.